The first kappa shape index (κ1) is 17.9. The van der Waals surface area contributed by atoms with E-state index in [1.165, 1.54) is 24.3 Å². The van der Waals surface area contributed by atoms with E-state index in [1.54, 1.807) is 18.2 Å². The van der Waals surface area contributed by atoms with Crippen LogP contribution in [0.25, 0.3) is 0 Å². The molecule has 24 heavy (non-hydrogen) atoms. The van der Waals surface area contributed by atoms with E-state index in [2.05, 4.69) is 10.6 Å². The molecule has 0 radical (unpaired) electrons. The van der Waals surface area contributed by atoms with E-state index in [9.17, 15) is 14.0 Å². The fourth-order valence-electron chi connectivity index (χ4n) is 1.83. The van der Waals surface area contributed by atoms with Gasteiger partial charge in [-0.05, 0) is 48.9 Å². The maximum atomic E-state index is 12.8. The van der Waals surface area contributed by atoms with Gasteiger partial charge in [0.1, 0.15) is 19.0 Å². The van der Waals surface area contributed by atoms with E-state index in [0.717, 1.165) is 5.56 Å². The molecule has 2 rings (SSSR count). The Balaban J connectivity index is 1.72. The van der Waals surface area contributed by atoms with Gasteiger partial charge in [0, 0.05) is 16.4 Å². The summed E-state index contributed by atoms with van der Waals surface area (Å²) in [6, 6.07) is 10.5. The number of carbonyl (C=O) groups is 2. The first-order valence-electron chi connectivity index (χ1n) is 7.13. The fraction of sp³-hybridized carbons (Fsp3) is 0.176. The van der Waals surface area contributed by atoms with Crippen LogP contribution in [0.4, 0.5) is 15.8 Å². The Bertz CT molecular complexity index is 735. The molecule has 5 nitrogen and oxygen atoms in total. The molecule has 0 spiro atoms. The second-order valence-electron chi connectivity index (χ2n) is 5.06. The summed E-state index contributed by atoms with van der Waals surface area (Å²) >= 11 is 5.97. The van der Waals surface area contributed by atoms with Crippen LogP contribution in [0.1, 0.15) is 5.56 Å². The largest absolute Gasteiger partial charge is 0.362 e. The first-order valence-corrected chi connectivity index (χ1v) is 7.51. The maximum absolute atomic E-state index is 12.8. The molecule has 0 unspecified atom stereocenters. The Labute approximate surface area is 143 Å². The molecule has 0 bridgehead atoms. The van der Waals surface area contributed by atoms with E-state index >= 15 is 0 Å². The average Bonchev–Trinajstić information content (AvgIpc) is 2.53. The van der Waals surface area contributed by atoms with Gasteiger partial charge in [-0.1, -0.05) is 17.7 Å². The number of ether oxygens (including phenoxy) is 1. The zero-order valence-corrected chi connectivity index (χ0v) is 13.7. The van der Waals surface area contributed by atoms with E-state index in [4.69, 9.17) is 16.3 Å². The van der Waals surface area contributed by atoms with E-state index in [-0.39, 0.29) is 13.2 Å². The molecule has 0 aromatic heterocycles. The number of halogens is 2. The van der Waals surface area contributed by atoms with Crippen molar-refractivity contribution in [2.45, 2.75) is 6.92 Å². The van der Waals surface area contributed by atoms with Gasteiger partial charge < -0.3 is 15.4 Å². The highest BCUT2D eigenvalue weighted by molar-refractivity contribution is 6.31. The predicted octanol–water partition coefficient (Wildman–Crippen LogP) is 3.38. The van der Waals surface area contributed by atoms with Crippen molar-refractivity contribution in [3.63, 3.8) is 0 Å². The number of carbonyl (C=O) groups excluding carboxylic acids is 2. The molecular weight excluding hydrogens is 335 g/mol. The minimum atomic E-state index is -0.437. The second-order valence-corrected chi connectivity index (χ2v) is 5.47. The van der Waals surface area contributed by atoms with Gasteiger partial charge in [-0.3, -0.25) is 9.59 Å². The van der Waals surface area contributed by atoms with Gasteiger partial charge in [-0.15, -0.1) is 0 Å². The van der Waals surface area contributed by atoms with Crippen LogP contribution in [0.3, 0.4) is 0 Å². The van der Waals surface area contributed by atoms with Crippen LogP contribution in [0, 0.1) is 12.7 Å². The predicted molar refractivity (Wildman–Crippen MR) is 90.7 cm³/mol. The number of benzene rings is 2. The van der Waals surface area contributed by atoms with Crippen molar-refractivity contribution in [1.82, 2.24) is 0 Å². The van der Waals surface area contributed by atoms with Crippen LogP contribution < -0.4 is 10.6 Å². The van der Waals surface area contributed by atoms with Gasteiger partial charge in [0.25, 0.3) is 0 Å². The zero-order valence-electron chi connectivity index (χ0n) is 12.9. The van der Waals surface area contributed by atoms with Crippen LogP contribution in [-0.2, 0) is 14.3 Å². The van der Waals surface area contributed by atoms with Crippen LogP contribution >= 0.6 is 11.6 Å². The molecule has 0 fully saturated rings. The lowest BCUT2D eigenvalue weighted by Gasteiger charge is -2.08. The lowest BCUT2D eigenvalue weighted by Crippen LogP contribution is -2.23. The number of aryl methyl sites for hydroxylation is 1. The summed E-state index contributed by atoms with van der Waals surface area (Å²) in [7, 11) is 0. The van der Waals surface area contributed by atoms with Gasteiger partial charge >= 0.3 is 0 Å². The number of nitrogens with one attached hydrogen (secondary N) is 2. The highest BCUT2D eigenvalue weighted by Gasteiger charge is 2.07. The maximum Gasteiger partial charge on any atom is 0.250 e. The van der Waals surface area contributed by atoms with Crippen LogP contribution in [-0.4, -0.2) is 25.0 Å². The minimum absolute atomic E-state index is 0.275. The quantitative estimate of drug-likeness (QED) is 0.839. The van der Waals surface area contributed by atoms with Gasteiger partial charge in [-0.2, -0.15) is 0 Å². The zero-order chi connectivity index (χ0) is 17.5. The number of hydrogen-bond acceptors (Lipinski definition) is 3. The first-order chi connectivity index (χ1) is 11.4. The third-order valence-electron chi connectivity index (χ3n) is 3.05. The molecule has 0 saturated heterocycles. The molecule has 7 heteroatoms. The number of rotatable bonds is 6. The van der Waals surface area contributed by atoms with Crippen molar-refractivity contribution in [1.29, 1.82) is 0 Å². The summed E-state index contributed by atoms with van der Waals surface area (Å²) in [6.45, 7) is 1.29. The molecule has 126 valence electrons. The number of amides is 2. The lowest BCUT2D eigenvalue weighted by atomic mass is 10.2. The molecule has 2 amide bonds. The molecule has 0 aliphatic carbocycles. The third kappa shape index (κ3) is 5.64. The van der Waals surface area contributed by atoms with Gasteiger partial charge in [0.15, 0.2) is 0 Å². The van der Waals surface area contributed by atoms with Gasteiger partial charge in [0.05, 0.1) is 0 Å². The number of hydrogen-bond donors (Lipinski definition) is 2. The molecule has 0 saturated carbocycles. The second kappa shape index (κ2) is 8.42. The molecule has 0 heterocycles. The van der Waals surface area contributed by atoms with Crippen molar-refractivity contribution in [2.75, 3.05) is 23.8 Å². The Morgan fingerprint density at radius 3 is 2.12 bits per heavy atom. The summed E-state index contributed by atoms with van der Waals surface area (Å²) in [5, 5.41) is 5.69. The summed E-state index contributed by atoms with van der Waals surface area (Å²) in [5.41, 5.74) is 1.90. The summed E-state index contributed by atoms with van der Waals surface area (Å²) in [4.78, 5) is 23.4. The molecular formula is C17H16ClFN2O3. The molecule has 2 aromatic carbocycles. The smallest absolute Gasteiger partial charge is 0.250 e. The average molecular weight is 351 g/mol. The number of anilines is 2. The summed E-state index contributed by atoms with van der Waals surface area (Å²) in [6.07, 6.45) is 0. The van der Waals surface area contributed by atoms with Crippen molar-refractivity contribution in [2.24, 2.45) is 0 Å². The van der Waals surface area contributed by atoms with Crippen LogP contribution in [0.15, 0.2) is 42.5 Å². The van der Waals surface area contributed by atoms with Gasteiger partial charge in [-0.25, -0.2) is 4.39 Å². The SMILES string of the molecule is Cc1ccc(NC(=O)COCC(=O)Nc2ccc(F)cc2)cc1Cl. The normalized spacial score (nSPS) is 10.3. The molecule has 0 atom stereocenters. The topological polar surface area (TPSA) is 67.4 Å². The van der Waals surface area contributed by atoms with Crippen LogP contribution in [0.2, 0.25) is 5.02 Å². The van der Waals surface area contributed by atoms with Crippen molar-refractivity contribution >= 4 is 34.8 Å². The Hall–Kier alpha value is -2.44. The van der Waals surface area contributed by atoms with E-state index in [0.29, 0.717) is 16.4 Å². The highest BCUT2D eigenvalue weighted by Crippen LogP contribution is 2.19. The van der Waals surface area contributed by atoms with Crippen molar-refractivity contribution in [3.05, 3.63) is 58.9 Å². The fourth-order valence-corrected chi connectivity index (χ4v) is 2.01. The minimum Gasteiger partial charge on any atom is -0.362 e. The van der Waals surface area contributed by atoms with E-state index in [1.807, 2.05) is 6.92 Å². The van der Waals surface area contributed by atoms with Crippen molar-refractivity contribution in [3.8, 4) is 0 Å². The molecule has 2 aromatic rings. The molecule has 0 aliphatic rings. The summed E-state index contributed by atoms with van der Waals surface area (Å²) < 4.78 is 17.8. The summed E-state index contributed by atoms with van der Waals surface area (Å²) in [5.74, 6) is -1.23. The van der Waals surface area contributed by atoms with E-state index < -0.39 is 17.6 Å². The molecule has 0 aliphatic heterocycles. The Morgan fingerprint density at radius 2 is 1.54 bits per heavy atom. The Morgan fingerprint density at radius 1 is 1.00 bits per heavy atom. The third-order valence-corrected chi connectivity index (χ3v) is 3.46. The standard InChI is InChI=1S/C17H16ClFN2O3/c1-11-2-5-14(8-15(11)18)21-17(23)10-24-9-16(22)20-13-6-3-12(19)4-7-13/h2-8H,9-10H2,1H3,(H,20,22)(H,21,23). The lowest BCUT2D eigenvalue weighted by molar-refractivity contribution is -0.125. The monoisotopic (exact) mass is 350 g/mol. The van der Waals surface area contributed by atoms with Crippen molar-refractivity contribution < 1.29 is 18.7 Å². The van der Waals surface area contributed by atoms with Gasteiger partial charge in [0.2, 0.25) is 11.8 Å². The Kier molecular flexibility index (Phi) is 6.28. The highest BCUT2D eigenvalue weighted by atomic mass is 35.5. The van der Waals surface area contributed by atoms with Crippen LogP contribution in [0.5, 0.6) is 0 Å². The molecule has 2 N–H and O–H groups in total.